The van der Waals surface area contributed by atoms with Crippen molar-refractivity contribution in [2.24, 2.45) is 0 Å². The van der Waals surface area contributed by atoms with E-state index in [1.54, 1.807) is 54.9 Å². The summed E-state index contributed by atoms with van der Waals surface area (Å²) in [7, 11) is 3.53. The van der Waals surface area contributed by atoms with Crippen LogP contribution >= 0.6 is 34.8 Å². The van der Waals surface area contributed by atoms with E-state index in [0.717, 1.165) is 0 Å². The molecule has 1 aromatic carbocycles. The standard InChI is InChI=1S/C19H17Cl3N8/c1-10-12(7-11(8-23)17-25-18(24)27-19(26-17)29(2)3)16(22)30(28-10)9-13-14(20)5-4-6-15(13)21/h4-7H,9H2,1-3H3,(H2,24,25,26,27)/b11-7+. The first kappa shape index (κ1) is 21.8. The number of aryl methyl sites for hydroxylation is 1. The van der Waals surface area contributed by atoms with Crippen molar-refractivity contribution >= 4 is 58.3 Å². The first-order valence-corrected chi connectivity index (χ1v) is 9.81. The third kappa shape index (κ3) is 4.49. The lowest BCUT2D eigenvalue weighted by Gasteiger charge is -2.11. The Balaban J connectivity index is 2.04. The van der Waals surface area contributed by atoms with E-state index in [1.807, 2.05) is 0 Å². The van der Waals surface area contributed by atoms with Gasteiger partial charge in [-0.15, -0.1) is 0 Å². The Labute approximate surface area is 188 Å². The molecule has 2 aromatic heterocycles. The molecule has 0 aliphatic rings. The molecule has 0 unspecified atom stereocenters. The summed E-state index contributed by atoms with van der Waals surface area (Å²) in [5, 5.41) is 15.5. The van der Waals surface area contributed by atoms with Crippen molar-refractivity contribution in [2.45, 2.75) is 13.5 Å². The molecule has 8 nitrogen and oxygen atoms in total. The maximum absolute atomic E-state index is 9.68. The minimum absolute atomic E-state index is 0.0109. The molecule has 0 spiro atoms. The second kappa shape index (κ2) is 8.88. The van der Waals surface area contributed by atoms with Crippen molar-refractivity contribution in [1.29, 1.82) is 5.26 Å². The fourth-order valence-electron chi connectivity index (χ4n) is 2.66. The highest BCUT2D eigenvalue weighted by Gasteiger charge is 2.17. The zero-order chi connectivity index (χ0) is 22.0. The highest BCUT2D eigenvalue weighted by molar-refractivity contribution is 6.36. The number of anilines is 2. The molecule has 0 amide bonds. The van der Waals surface area contributed by atoms with Crippen molar-refractivity contribution < 1.29 is 0 Å². The van der Waals surface area contributed by atoms with Gasteiger partial charge in [0.05, 0.1) is 17.8 Å². The van der Waals surface area contributed by atoms with Gasteiger partial charge in [-0.1, -0.05) is 40.9 Å². The Morgan fingerprint density at radius 2 is 1.87 bits per heavy atom. The van der Waals surface area contributed by atoms with Crippen LogP contribution in [0.3, 0.4) is 0 Å². The number of rotatable bonds is 5. The zero-order valence-corrected chi connectivity index (χ0v) is 18.6. The van der Waals surface area contributed by atoms with Gasteiger partial charge >= 0.3 is 0 Å². The highest BCUT2D eigenvalue weighted by atomic mass is 35.5. The second-order valence-corrected chi connectivity index (χ2v) is 7.70. The predicted octanol–water partition coefficient (Wildman–Crippen LogP) is 4.10. The van der Waals surface area contributed by atoms with Crippen LogP contribution in [0, 0.1) is 18.3 Å². The van der Waals surface area contributed by atoms with E-state index in [2.05, 4.69) is 26.1 Å². The SMILES string of the molecule is Cc1nn(Cc2c(Cl)cccc2Cl)c(Cl)c1/C=C(\C#N)c1nc(N)nc(N(C)C)n1. The van der Waals surface area contributed by atoms with E-state index in [4.69, 9.17) is 40.5 Å². The van der Waals surface area contributed by atoms with E-state index in [0.29, 0.717) is 38.0 Å². The number of benzene rings is 1. The summed E-state index contributed by atoms with van der Waals surface area (Å²) in [5.74, 6) is 0.494. The fraction of sp³-hybridized carbons (Fsp3) is 0.211. The van der Waals surface area contributed by atoms with Gasteiger partial charge in [0.25, 0.3) is 0 Å². The number of nitrogens with zero attached hydrogens (tertiary/aromatic N) is 7. The summed E-state index contributed by atoms with van der Waals surface area (Å²) in [6, 6.07) is 7.34. The smallest absolute Gasteiger partial charge is 0.230 e. The van der Waals surface area contributed by atoms with Crippen LogP contribution < -0.4 is 10.6 Å². The molecule has 0 aliphatic heterocycles. The number of nitrogens with two attached hydrogens (primary N) is 1. The number of aromatic nitrogens is 5. The number of hydrogen-bond donors (Lipinski definition) is 1. The van der Waals surface area contributed by atoms with Gasteiger partial charge in [0, 0.05) is 35.3 Å². The molecule has 0 saturated heterocycles. The van der Waals surface area contributed by atoms with Gasteiger partial charge < -0.3 is 10.6 Å². The van der Waals surface area contributed by atoms with Crippen LogP contribution in [0.4, 0.5) is 11.9 Å². The predicted molar refractivity (Wildman–Crippen MR) is 120 cm³/mol. The van der Waals surface area contributed by atoms with Gasteiger partial charge in [0.1, 0.15) is 11.2 Å². The fourth-order valence-corrected chi connectivity index (χ4v) is 3.47. The lowest BCUT2D eigenvalue weighted by atomic mass is 10.1. The Kier molecular flexibility index (Phi) is 6.46. The topological polar surface area (TPSA) is 110 Å². The molecule has 3 aromatic rings. The van der Waals surface area contributed by atoms with E-state index in [1.165, 1.54) is 0 Å². The van der Waals surface area contributed by atoms with Crippen LogP contribution in [-0.4, -0.2) is 38.8 Å². The van der Waals surface area contributed by atoms with Gasteiger partial charge in [-0.3, -0.25) is 0 Å². The Morgan fingerprint density at radius 3 is 2.47 bits per heavy atom. The summed E-state index contributed by atoms with van der Waals surface area (Å²) in [6.07, 6.45) is 1.57. The van der Waals surface area contributed by atoms with Gasteiger partial charge in [0.2, 0.25) is 11.9 Å². The zero-order valence-electron chi connectivity index (χ0n) is 16.4. The number of halogens is 3. The maximum atomic E-state index is 9.68. The summed E-state index contributed by atoms with van der Waals surface area (Å²) >= 11 is 19.1. The molecule has 30 heavy (non-hydrogen) atoms. The molecule has 0 bridgehead atoms. The van der Waals surface area contributed by atoms with Crippen molar-refractivity contribution in [2.75, 3.05) is 24.7 Å². The third-order valence-corrected chi connectivity index (χ3v) is 5.28. The van der Waals surface area contributed by atoms with Gasteiger partial charge in [0.15, 0.2) is 5.82 Å². The van der Waals surface area contributed by atoms with E-state index in [9.17, 15) is 5.26 Å². The quantitative estimate of drug-likeness (QED) is 0.567. The summed E-state index contributed by atoms with van der Waals surface area (Å²) in [6.45, 7) is 2.06. The number of nitriles is 1. The Hall–Kier alpha value is -2.86. The van der Waals surface area contributed by atoms with Crippen molar-refractivity contribution in [1.82, 2.24) is 24.7 Å². The van der Waals surface area contributed by atoms with Crippen LogP contribution in [0.5, 0.6) is 0 Å². The Morgan fingerprint density at radius 1 is 1.20 bits per heavy atom. The van der Waals surface area contributed by atoms with E-state index < -0.39 is 0 Å². The first-order valence-electron chi connectivity index (χ1n) is 8.68. The van der Waals surface area contributed by atoms with Crippen LogP contribution in [0.15, 0.2) is 18.2 Å². The number of hydrogen-bond acceptors (Lipinski definition) is 7. The van der Waals surface area contributed by atoms with Crippen LogP contribution in [0.25, 0.3) is 11.6 Å². The molecular weight excluding hydrogens is 447 g/mol. The third-order valence-electron chi connectivity index (χ3n) is 4.17. The summed E-state index contributed by atoms with van der Waals surface area (Å²) in [5.41, 5.74) is 7.81. The molecule has 0 radical (unpaired) electrons. The molecule has 11 heteroatoms. The van der Waals surface area contributed by atoms with Gasteiger partial charge in [-0.05, 0) is 25.1 Å². The van der Waals surface area contributed by atoms with Crippen molar-refractivity contribution in [3.8, 4) is 6.07 Å². The monoisotopic (exact) mass is 462 g/mol. The molecule has 154 valence electrons. The minimum Gasteiger partial charge on any atom is -0.368 e. The van der Waals surface area contributed by atoms with Crippen LogP contribution in [0.2, 0.25) is 15.2 Å². The van der Waals surface area contributed by atoms with E-state index in [-0.39, 0.29) is 23.9 Å². The lowest BCUT2D eigenvalue weighted by molar-refractivity contribution is 0.680. The van der Waals surface area contributed by atoms with E-state index >= 15 is 0 Å². The minimum atomic E-state index is 0.0109. The second-order valence-electron chi connectivity index (χ2n) is 6.53. The number of allylic oxidation sites excluding steroid dienone is 1. The Bertz CT molecular complexity index is 1160. The highest BCUT2D eigenvalue weighted by Crippen LogP contribution is 2.29. The largest absolute Gasteiger partial charge is 0.368 e. The number of nitrogen functional groups attached to an aromatic ring is 1. The molecular formula is C19H17Cl3N8. The average molecular weight is 464 g/mol. The van der Waals surface area contributed by atoms with Crippen LogP contribution in [-0.2, 0) is 6.54 Å². The average Bonchev–Trinajstić information content (AvgIpc) is 2.95. The molecule has 0 aliphatic carbocycles. The molecule has 2 heterocycles. The van der Waals surface area contributed by atoms with Crippen LogP contribution in [0.1, 0.15) is 22.6 Å². The molecule has 0 atom stereocenters. The molecule has 0 fully saturated rings. The van der Waals surface area contributed by atoms with Gasteiger partial charge in [-0.2, -0.15) is 25.3 Å². The first-order chi connectivity index (χ1) is 14.2. The normalized spacial score (nSPS) is 11.4. The molecule has 0 saturated carbocycles. The lowest BCUT2D eigenvalue weighted by Crippen LogP contribution is -2.15. The van der Waals surface area contributed by atoms with Crippen molar-refractivity contribution in [3.05, 3.63) is 56.0 Å². The molecule has 2 N–H and O–H groups in total. The van der Waals surface area contributed by atoms with Crippen molar-refractivity contribution in [3.63, 3.8) is 0 Å². The summed E-state index contributed by atoms with van der Waals surface area (Å²) in [4.78, 5) is 14.1. The maximum Gasteiger partial charge on any atom is 0.230 e. The molecule has 3 rings (SSSR count). The van der Waals surface area contributed by atoms with Gasteiger partial charge in [-0.25, -0.2) is 4.68 Å². The summed E-state index contributed by atoms with van der Waals surface area (Å²) < 4.78 is 1.57.